The molecule has 0 spiro atoms. The molecule has 0 bridgehead atoms. The van der Waals surface area contributed by atoms with Crippen LogP contribution in [0.1, 0.15) is 12.0 Å². The molecule has 0 saturated carbocycles. The number of H-pyrrole nitrogens is 1. The lowest BCUT2D eigenvalue weighted by atomic mass is 10.0. The van der Waals surface area contributed by atoms with Crippen molar-refractivity contribution in [2.75, 3.05) is 0 Å². The molecule has 2 aromatic rings. The lowest BCUT2D eigenvalue weighted by molar-refractivity contribution is -0.135. The Labute approximate surface area is 86.3 Å². The Morgan fingerprint density at radius 2 is 2.33 bits per heavy atom. The molecule has 0 saturated heterocycles. The largest absolute Gasteiger partial charge is 0.481 e. The van der Waals surface area contributed by atoms with Crippen LogP contribution in [0.4, 0.5) is 0 Å². The Kier molecular flexibility index (Phi) is 2.25. The lowest BCUT2D eigenvalue weighted by Crippen LogP contribution is -1.95. The highest BCUT2D eigenvalue weighted by Crippen LogP contribution is 2.19. The van der Waals surface area contributed by atoms with Crippen LogP contribution in [0, 0.1) is 0 Å². The maximum absolute atomic E-state index is 10.5. The van der Waals surface area contributed by atoms with Crippen LogP contribution >= 0.6 is 0 Å². The van der Waals surface area contributed by atoms with Crippen LogP contribution in [0.3, 0.4) is 0 Å². The van der Waals surface area contributed by atoms with E-state index < -0.39 is 5.97 Å². The molecule has 1 aromatic heterocycles. The van der Waals surface area contributed by atoms with Crippen molar-refractivity contribution in [2.24, 2.45) is 0 Å². The van der Waals surface area contributed by atoms with Gasteiger partial charge in [0.05, 0.1) is 23.8 Å². The number of aromatic nitrogens is 2. The lowest BCUT2D eigenvalue weighted by Gasteiger charge is -2.02. The van der Waals surface area contributed by atoms with Crippen LogP contribution in [-0.4, -0.2) is 21.0 Å². The summed E-state index contributed by atoms with van der Waals surface area (Å²) in [6, 6.07) is 5.52. The van der Waals surface area contributed by atoms with Gasteiger partial charge in [0.25, 0.3) is 0 Å². The van der Waals surface area contributed by atoms with Crippen molar-refractivity contribution >= 4 is 22.6 Å². The summed E-state index contributed by atoms with van der Waals surface area (Å²) >= 11 is 0. The normalized spacial score (nSPS) is 10.4. The molecule has 76 valence electrons. The van der Waals surface area contributed by atoms with E-state index in [0.29, 0.717) is 5.57 Å². The first kappa shape index (κ1) is 9.45. The van der Waals surface area contributed by atoms with Gasteiger partial charge in [0.2, 0.25) is 0 Å². The van der Waals surface area contributed by atoms with E-state index in [-0.39, 0.29) is 6.42 Å². The van der Waals surface area contributed by atoms with Gasteiger partial charge in [-0.25, -0.2) is 4.98 Å². The Balaban J connectivity index is 2.35. The predicted molar refractivity (Wildman–Crippen MR) is 57.4 cm³/mol. The SMILES string of the molecule is C=C(CC(=O)O)c1ccc2nc[nH]c2c1. The summed E-state index contributed by atoms with van der Waals surface area (Å²) in [5, 5.41) is 8.64. The summed E-state index contributed by atoms with van der Waals surface area (Å²) in [7, 11) is 0. The molecule has 0 amide bonds. The molecule has 0 aliphatic carbocycles. The smallest absolute Gasteiger partial charge is 0.307 e. The van der Waals surface area contributed by atoms with E-state index in [9.17, 15) is 4.79 Å². The van der Waals surface area contributed by atoms with Gasteiger partial charge in [-0.05, 0) is 23.3 Å². The average Bonchev–Trinajstić information content (AvgIpc) is 2.62. The van der Waals surface area contributed by atoms with Crippen LogP contribution < -0.4 is 0 Å². The van der Waals surface area contributed by atoms with Crippen molar-refractivity contribution in [3.8, 4) is 0 Å². The Bertz CT molecular complexity index is 528. The van der Waals surface area contributed by atoms with Gasteiger partial charge in [0.15, 0.2) is 0 Å². The van der Waals surface area contributed by atoms with Gasteiger partial charge in [-0.15, -0.1) is 0 Å². The molecule has 2 rings (SSSR count). The van der Waals surface area contributed by atoms with E-state index in [2.05, 4.69) is 16.5 Å². The zero-order valence-electron chi connectivity index (χ0n) is 8.03. The minimum Gasteiger partial charge on any atom is -0.481 e. The van der Waals surface area contributed by atoms with Crippen LogP contribution in [0.2, 0.25) is 0 Å². The summed E-state index contributed by atoms with van der Waals surface area (Å²) in [6.45, 7) is 3.74. The Morgan fingerprint density at radius 1 is 1.53 bits per heavy atom. The van der Waals surface area contributed by atoms with Gasteiger partial charge in [-0.1, -0.05) is 12.6 Å². The number of fused-ring (bicyclic) bond motifs is 1. The zero-order chi connectivity index (χ0) is 10.8. The van der Waals surface area contributed by atoms with E-state index in [1.54, 1.807) is 6.33 Å². The van der Waals surface area contributed by atoms with E-state index >= 15 is 0 Å². The molecule has 4 heteroatoms. The van der Waals surface area contributed by atoms with E-state index in [0.717, 1.165) is 16.6 Å². The zero-order valence-corrected chi connectivity index (χ0v) is 8.03. The Hall–Kier alpha value is -2.10. The second-order valence-electron chi connectivity index (χ2n) is 3.31. The van der Waals surface area contributed by atoms with Gasteiger partial charge in [-0.2, -0.15) is 0 Å². The quantitative estimate of drug-likeness (QED) is 0.800. The summed E-state index contributed by atoms with van der Waals surface area (Å²) < 4.78 is 0. The van der Waals surface area contributed by atoms with Crippen molar-refractivity contribution in [1.29, 1.82) is 0 Å². The van der Waals surface area contributed by atoms with Crippen LogP contribution in [-0.2, 0) is 4.79 Å². The summed E-state index contributed by atoms with van der Waals surface area (Å²) in [5.74, 6) is -0.871. The number of carboxylic acids is 1. The highest BCUT2D eigenvalue weighted by Gasteiger charge is 2.05. The van der Waals surface area contributed by atoms with Gasteiger partial charge >= 0.3 is 5.97 Å². The maximum Gasteiger partial charge on any atom is 0.307 e. The average molecular weight is 202 g/mol. The number of carbonyl (C=O) groups is 1. The molecule has 4 nitrogen and oxygen atoms in total. The van der Waals surface area contributed by atoms with Gasteiger partial charge < -0.3 is 10.1 Å². The highest BCUT2D eigenvalue weighted by atomic mass is 16.4. The third kappa shape index (κ3) is 1.88. The van der Waals surface area contributed by atoms with Gasteiger partial charge in [0, 0.05) is 0 Å². The molecular weight excluding hydrogens is 192 g/mol. The molecule has 0 radical (unpaired) electrons. The molecule has 1 aromatic carbocycles. The van der Waals surface area contributed by atoms with E-state index in [1.807, 2.05) is 18.2 Å². The number of nitrogens with one attached hydrogen (secondary N) is 1. The van der Waals surface area contributed by atoms with Crippen molar-refractivity contribution in [3.05, 3.63) is 36.7 Å². The van der Waals surface area contributed by atoms with Crippen molar-refractivity contribution in [3.63, 3.8) is 0 Å². The summed E-state index contributed by atoms with van der Waals surface area (Å²) in [4.78, 5) is 17.6. The predicted octanol–water partition coefficient (Wildman–Crippen LogP) is 2.05. The Morgan fingerprint density at radius 3 is 3.07 bits per heavy atom. The third-order valence-electron chi connectivity index (χ3n) is 2.19. The van der Waals surface area contributed by atoms with E-state index in [1.165, 1.54) is 0 Å². The molecule has 0 atom stereocenters. The minimum atomic E-state index is -0.871. The molecule has 0 unspecified atom stereocenters. The first-order chi connectivity index (χ1) is 7.16. The first-order valence-corrected chi connectivity index (χ1v) is 4.50. The van der Waals surface area contributed by atoms with Gasteiger partial charge in [-0.3, -0.25) is 4.79 Å². The van der Waals surface area contributed by atoms with Crippen LogP contribution in [0.5, 0.6) is 0 Å². The molecule has 2 N–H and O–H groups in total. The third-order valence-corrected chi connectivity index (χ3v) is 2.19. The summed E-state index contributed by atoms with van der Waals surface area (Å²) in [6.07, 6.45) is 1.56. The molecule has 0 fully saturated rings. The number of hydrogen-bond donors (Lipinski definition) is 2. The first-order valence-electron chi connectivity index (χ1n) is 4.50. The van der Waals surface area contributed by atoms with Crippen molar-refractivity contribution < 1.29 is 9.90 Å². The standard InChI is InChI=1S/C11H10N2O2/c1-7(4-11(14)15)8-2-3-9-10(5-8)13-6-12-9/h2-3,5-6H,1,4H2,(H,12,13)(H,14,15). The second-order valence-corrected chi connectivity index (χ2v) is 3.31. The van der Waals surface area contributed by atoms with Crippen molar-refractivity contribution in [2.45, 2.75) is 6.42 Å². The second kappa shape index (κ2) is 3.57. The number of imidazole rings is 1. The van der Waals surface area contributed by atoms with E-state index in [4.69, 9.17) is 5.11 Å². The molecule has 0 aliphatic heterocycles. The van der Waals surface area contributed by atoms with Crippen LogP contribution in [0.15, 0.2) is 31.1 Å². The highest BCUT2D eigenvalue weighted by molar-refractivity contribution is 5.86. The number of carboxylic acid groups (broad SMARTS) is 1. The minimum absolute atomic E-state index is 0.0420. The number of aromatic amines is 1. The number of hydrogen-bond acceptors (Lipinski definition) is 2. The topological polar surface area (TPSA) is 66.0 Å². The number of nitrogens with zero attached hydrogens (tertiary/aromatic N) is 1. The molecule has 15 heavy (non-hydrogen) atoms. The fourth-order valence-corrected chi connectivity index (χ4v) is 1.44. The monoisotopic (exact) mass is 202 g/mol. The fourth-order valence-electron chi connectivity index (χ4n) is 1.44. The van der Waals surface area contributed by atoms with Crippen molar-refractivity contribution in [1.82, 2.24) is 9.97 Å². The summed E-state index contributed by atoms with van der Waals surface area (Å²) in [5.41, 5.74) is 3.18. The van der Waals surface area contributed by atoms with Crippen LogP contribution in [0.25, 0.3) is 16.6 Å². The molecular formula is C11H10N2O2. The fraction of sp³-hybridized carbons (Fsp3) is 0.0909. The van der Waals surface area contributed by atoms with Gasteiger partial charge in [0.1, 0.15) is 0 Å². The number of benzene rings is 1. The maximum atomic E-state index is 10.5. The molecule has 0 aliphatic rings. The number of aliphatic carboxylic acids is 1. The number of rotatable bonds is 3. The molecule has 1 heterocycles.